The molecule has 3 aromatic rings. The zero-order valence-corrected chi connectivity index (χ0v) is 16.2. The quantitative estimate of drug-likeness (QED) is 0.672. The number of imidazole rings is 1. The second-order valence-corrected chi connectivity index (χ2v) is 7.34. The summed E-state index contributed by atoms with van der Waals surface area (Å²) in [4.78, 5) is 34.7. The summed E-state index contributed by atoms with van der Waals surface area (Å²) < 4.78 is 0. The highest BCUT2D eigenvalue weighted by atomic mass is 16.2. The molecule has 0 bridgehead atoms. The summed E-state index contributed by atoms with van der Waals surface area (Å²) in [5.74, 6) is -0.106. The number of aromatic nitrogens is 2. The first-order valence-corrected chi connectivity index (χ1v) is 9.63. The van der Waals surface area contributed by atoms with Crippen molar-refractivity contribution in [2.75, 3.05) is 18.0 Å². The van der Waals surface area contributed by atoms with E-state index >= 15 is 0 Å². The molecule has 1 aliphatic rings. The molecule has 0 aliphatic carbocycles. The van der Waals surface area contributed by atoms with Gasteiger partial charge < -0.3 is 15.2 Å². The average molecular weight is 376 g/mol. The maximum atomic E-state index is 12.7. The number of aryl methyl sites for hydroxylation is 2. The summed E-state index contributed by atoms with van der Waals surface area (Å²) in [5, 5.41) is 2.89. The van der Waals surface area contributed by atoms with E-state index < -0.39 is 5.92 Å². The van der Waals surface area contributed by atoms with Gasteiger partial charge in [0, 0.05) is 25.2 Å². The van der Waals surface area contributed by atoms with Gasteiger partial charge in [-0.2, -0.15) is 0 Å². The van der Waals surface area contributed by atoms with Gasteiger partial charge in [-0.25, -0.2) is 4.98 Å². The summed E-state index contributed by atoms with van der Waals surface area (Å²) in [6.45, 7) is 5.10. The van der Waals surface area contributed by atoms with E-state index in [4.69, 9.17) is 0 Å². The lowest BCUT2D eigenvalue weighted by Crippen LogP contribution is -2.37. The monoisotopic (exact) mass is 376 g/mol. The van der Waals surface area contributed by atoms with Crippen LogP contribution >= 0.6 is 0 Å². The molecule has 0 saturated carbocycles. The maximum Gasteiger partial charge on any atom is 0.239 e. The molecule has 6 nitrogen and oxygen atoms in total. The van der Waals surface area contributed by atoms with Crippen LogP contribution in [0.2, 0.25) is 0 Å². The highest BCUT2D eigenvalue weighted by molar-refractivity contribution is 6.09. The number of fused-ring (bicyclic) bond motifs is 1. The van der Waals surface area contributed by atoms with Crippen molar-refractivity contribution >= 4 is 28.5 Å². The smallest absolute Gasteiger partial charge is 0.239 e. The molecule has 6 heteroatoms. The van der Waals surface area contributed by atoms with E-state index in [9.17, 15) is 9.59 Å². The Morgan fingerprint density at radius 3 is 2.82 bits per heavy atom. The number of anilines is 1. The van der Waals surface area contributed by atoms with E-state index in [0.29, 0.717) is 25.9 Å². The Morgan fingerprint density at radius 1 is 1.21 bits per heavy atom. The van der Waals surface area contributed by atoms with Crippen LogP contribution in [0.4, 0.5) is 5.69 Å². The number of carbonyl (C=O) groups is 2. The third-order valence-electron chi connectivity index (χ3n) is 5.42. The number of rotatable bonds is 5. The number of para-hydroxylation sites is 2. The van der Waals surface area contributed by atoms with Gasteiger partial charge in [0.15, 0.2) is 0 Å². The maximum absolute atomic E-state index is 12.7. The van der Waals surface area contributed by atoms with Crippen molar-refractivity contribution in [2.45, 2.75) is 26.7 Å². The fourth-order valence-corrected chi connectivity index (χ4v) is 3.62. The summed E-state index contributed by atoms with van der Waals surface area (Å²) in [7, 11) is 0. The van der Waals surface area contributed by atoms with Crippen molar-refractivity contribution in [3.8, 4) is 0 Å². The van der Waals surface area contributed by atoms with Crippen LogP contribution < -0.4 is 10.2 Å². The van der Waals surface area contributed by atoms with E-state index in [1.54, 1.807) is 4.90 Å². The van der Waals surface area contributed by atoms with Crippen LogP contribution in [0.25, 0.3) is 11.0 Å². The van der Waals surface area contributed by atoms with Crippen molar-refractivity contribution in [2.24, 2.45) is 5.92 Å². The fourth-order valence-electron chi connectivity index (χ4n) is 3.62. The molecule has 2 heterocycles. The van der Waals surface area contributed by atoms with E-state index in [2.05, 4.69) is 15.3 Å². The highest BCUT2D eigenvalue weighted by Gasteiger charge is 2.37. The number of benzene rings is 2. The predicted molar refractivity (Wildman–Crippen MR) is 109 cm³/mol. The van der Waals surface area contributed by atoms with Gasteiger partial charge in [-0.05, 0) is 55.7 Å². The molecular formula is C22H24N4O2. The number of nitrogens with zero attached hydrogens (tertiary/aromatic N) is 2. The second kappa shape index (κ2) is 7.46. The van der Waals surface area contributed by atoms with Gasteiger partial charge in [0.25, 0.3) is 0 Å². The Bertz CT molecular complexity index is 1010. The Labute approximate surface area is 164 Å². The second-order valence-electron chi connectivity index (χ2n) is 7.34. The van der Waals surface area contributed by atoms with Gasteiger partial charge in [0.1, 0.15) is 11.7 Å². The molecule has 4 rings (SSSR count). The van der Waals surface area contributed by atoms with Crippen molar-refractivity contribution in [1.82, 2.24) is 15.3 Å². The van der Waals surface area contributed by atoms with Gasteiger partial charge >= 0.3 is 0 Å². The lowest BCUT2D eigenvalue weighted by molar-refractivity contribution is -0.132. The zero-order valence-electron chi connectivity index (χ0n) is 16.2. The largest absolute Gasteiger partial charge is 0.355 e. The molecule has 28 heavy (non-hydrogen) atoms. The van der Waals surface area contributed by atoms with Crippen molar-refractivity contribution in [3.63, 3.8) is 0 Å². The van der Waals surface area contributed by atoms with Crippen LogP contribution in [0.15, 0.2) is 42.5 Å². The standard InChI is InChI=1S/C22H24N4O2/c1-14-7-8-16(13-15(14)2)26-12-10-17(22(26)28)21(27)23-11-9-20-24-18-5-3-4-6-19(18)25-20/h3-8,13,17H,9-12H2,1-2H3,(H,23,27)(H,24,25). The molecule has 2 amide bonds. The molecule has 1 aliphatic heterocycles. The average Bonchev–Trinajstić information content (AvgIpc) is 3.27. The number of hydrogen-bond acceptors (Lipinski definition) is 3. The lowest BCUT2D eigenvalue weighted by atomic mass is 10.1. The number of hydrogen-bond donors (Lipinski definition) is 2. The van der Waals surface area contributed by atoms with E-state index in [-0.39, 0.29) is 11.8 Å². The van der Waals surface area contributed by atoms with E-state index in [1.807, 2.05) is 56.3 Å². The number of H-pyrrole nitrogens is 1. The summed E-state index contributed by atoms with van der Waals surface area (Å²) in [6, 6.07) is 13.8. The van der Waals surface area contributed by atoms with Crippen LogP contribution in [-0.2, 0) is 16.0 Å². The predicted octanol–water partition coefficient (Wildman–Crippen LogP) is 2.89. The number of amides is 2. The summed E-state index contributed by atoms with van der Waals surface area (Å²) in [6.07, 6.45) is 1.14. The number of nitrogens with one attached hydrogen (secondary N) is 2. The summed E-state index contributed by atoms with van der Waals surface area (Å²) >= 11 is 0. The molecule has 1 aromatic heterocycles. The minimum atomic E-state index is -0.614. The SMILES string of the molecule is Cc1ccc(N2CCC(C(=O)NCCc3nc4ccccc4[nH]3)C2=O)cc1C. The lowest BCUT2D eigenvalue weighted by Gasteiger charge is -2.18. The van der Waals surface area contributed by atoms with Gasteiger partial charge in [-0.3, -0.25) is 9.59 Å². The minimum absolute atomic E-state index is 0.121. The molecule has 1 fully saturated rings. The van der Waals surface area contributed by atoms with Crippen molar-refractivity contribution in [3.05, 3.63) is 59.4 Å². The highest BCUT2D eigenvalue weighted by Crippen LogP contribution is 2.27. The number of aromatic amines is 1. The number of carbonyl (C=O) groups excluding carboxylic acids is 2. The molecule has 0 spiro atoms. The van der Waals surface area contributed by atoms with Gasteiger partial charge in [-0.1, -0.05) is 18.2 Å². The van der Waals surface area contributed by atoms with Crippen LogP contribution in [0, 0.1) is 19.8 Å². The van der Waals surface area contributed by atoms with Crippen LogP contribution in [0.3, 0.4) is 0 Å². The van der Waals surface area contributed by atoms with E-state index in [0.717, 1.165) is 28.1 Å². The first-order chi connectivity index (χ1) is 13.5. The molecule has 1 saturated heterocycles. The Kier molecular flexibility index (Phi) is 4.86. The first kappa shape index (κ1) is 18.2. The topological polar surface area (TPSA) is 78.1 Å². The first-order valence-electron chi connectivity index (χ1n) is 9.63. The third-order valence-corrected chi connectivity index (χ3v) is 5.42. The van der Waals surface area contributed by atoms with Crippen LogP contribution in [0.1, 0.15) is 23.4 Å². The van der Waals surface area contributed by atoms with Gasteiger partial charge in [-0.15, -0.1) is 0 Å². The normalized spacial score (nSPS) is 16.7. The van der Waals surface area contributed by atoms with Crippen molar-refractivity contribution < 1.29 is 9.59 Å². The minimum Gasteiger partial charge on any atom is -0.355 e. The summed E-state index contributed by atoms with van der Waals surface area (Å²) in [5.41, 5.74) is 5.10. The Morgan fingerprint density at radius 2 is 2.04 bits per heavy atom. The van der Waals surface area contributed by atoms with Gasteiger partial charge in [0.2, 0.25) is 11.8 Å². The van der Waals surface area contributed by atoms with Gasteiger partial charge in [0.05, 0.1) is 11.0 Å². The molecule has 0 radical (unpaired) electrons. The fraction of sp³-hybridized carbons (Fsp3) is 0.318. The third kappa shape index (κ3) is 3.50. The van der Waals surface area contributed by atoms with Crippen molar-refractivity contribution in [1.29, 1.82) is 0 Å². The molecular weight excluding hydrogens is 352 g/mol. The van der Waals surface area contributed by atoms with Crippen LogP contribution in [-0.4, -0.2) is 34.9 Å². The Hall–Kier alpha value is -3.15. The molecule has 2 aromatic carbocycles. The molecule has 144 valence electrons. The molecule has 1 unspecified atom stereocenters. The molecule has 2 N–H and O–H groups in total. The Balaban J connectivity index is 1.34. The van der Waals surface area contributed by atoms with Crippen LogP contribution in [0.5, 0.6) is 0 Å². The molecule has 1 atom stereocenters. The zero-order chi connectivity index (χ0) is 19.7. The van der Waals surface area contributed by atoms with E-state index in [1.165, 1.54) is 5.56 Å².